The van der Waals surface area contributed by atoms with Crippen molar-refractivity contribution in [1.29, 1.82) is 0 Å². The second-order valence-corrected chi connectivity index (χ2v) is 5.84. The number of hydrogen-bond acceptors (Lipinski definition) is 3. The van der Waals surface area contributed by atoms with Crippen LogP contribution in [0.5, 0.6) is 0 Å². The number of nitrogens with two attached hydrogens (primary N) is 1. The van der Waals surface area contributed by atoms with Gasteiger partial charge in [0.2, 0.25) is 0 Å². The normalized spacial score (nSPS) is 22.5. The molecule has 0 bridgehead atoms. The van der Waals surface area contributed by atoms with Crippen LogP contribution in [0, 0.1) is 5.82 Å². The van der Waals surface area contributed by atoms with E-state index in [9.17, 15) is 14.4 Å². The predicted octanol–water partition coefficient (Wildman–Crippen LogP) is 3.37. The second-order valence-electron chi connectivity index (χ2n) is 5.84. The summed E-state index contributed by atoms with van der Waals surface area (Å²) in [5.74, 6) is -0.240. The average Bonchev–Trinajstić information content (AvgIpc) is 2.95. The molecule has 0 spiro atoms. The number of hydroxylamine groups is 2. The third-order valence-electron chi connectivity index (χ3n) is 4.14. The zero-order valence-electron chi connectivity index (χ0n) is 12.7. The molecule has 22 heavy (non-hydrogen) atoms. The van der Waals surface area contributed by atoms with Gasteiger partial charge in [0, 0.05) is 0 Å². The zero-order valence-corrected chi connectivity index (χ0v) is 12.7. The van der Waals surface area contributed by atoms with E-state index >= 15 is 0 Å². The van der Waals surface area contributed by atoms with E-state index in [0.29, 0.717) is 11.5 Å². The quantitative estimate of drug-likeness (QED) is 0.625. The van der Waals surface area contributed by atoms with Crippen LogP contribution in [0.25, 0.3) is 0 Å². The van der Waals surface area contributed by atoms with Crippen molar-refractivity contribution in [2.45, 2.75) is 57.3 Å². The molecule has 6 heteroatoms. The van der Waals surface area contributed by atoms with E-state index in [4.69, 9.17) is 10.5 Å². The topological polar surface area (TPSA) is 75.8 Å². The molecule has 0 radical (unpaired) electrons. The highest BCUT2D eigenvalue weighted by Crippen LogP contribution is 2.34. The first-order chi connectivity index (χ1) is 10.5. The molecule has 0 aliphatic carbocycles. The fourth-order valence-corrected chi connectivity index (χ4v) is 2.82. The molecule has 1 heterocycles. The maximum atomic E-state index is 12.9. The highest BCUT2D eigenvalue weighted by atomic mass is 19.1. The van der Waals surface area contributed by atoms with Crippen LogP contribution in [0.15, 0.2) is 24.3 Å². The molecule has 1 aromatic carbocycles. The largest absolute Gasteiger partial charge is 0.370 e. The number of nitrogens with zero attached hydrogens (tertiary/aromatic N) is 1. The summed E-state index contributed by atoms with van der Waals surface area (Å²) in [4.78, 5) is 10.8. The van der Waals surface area contributed by atoms with E-state index in [2.05, 4.69) is 0 Å². The molecule has 1 saturated heterocycles. The van der Waals surface area contributed by atoms with Crippen LogP contribution in [0.1, 0.15) is 50.7 Å². The number of primary amides is 1. The van der Waals surface area contributed by atoms with Crippen molar-refractivity contribution in [3.05, 3.63) is 35.6 Å². The van der Waals surface area contributed by atoms with Gasteiger partial charge in [-0.1, -0.05) is 12.1 Å². The molecule has 1 aromatic rings. The fourth-order valence-electron chi connectivity index (χ4n) is 2.82. The summed E-state index contributed by atoms with van der Waals surface area (Å²) in [6, 6.07) is 5.30. The van der Waals surface area contributed by atoms with E-state index in [-0.39, 0.29) is 24.1 Å². The fraction of sp³-hybridized carbons (Fsp3) is 0.562. The number of amides is 2. The maximum absolute atomic E-state index is 12.9. The van der Waals surface area contributed by atoms with E-state index in [1.54, 1.807) is 19.1 Å². The SMILES string of the molecule is C[C@H](CCC[C@@H]1CC[C@H](c2ccc(F)cc2)O1)N(O)C(N)=O. The van der Waals surface area contributed by atoms with Gasteiger partial charge in [-0.05, 0) is 56.7 Å². The number of halogens is 1. The van der Waals surface area contributed by atoms with Gasteiger partial charge in [0.05, 0.1) is 18.2 Å². The lowest BCUT2D eigenvalue weighted by Crippen LogP contribution is -2.39. The van der Waals surface area contributed by atoms with Gasteiger partial charge in [-0.3, -0.25) is 5.21 Å². The Balaban J connectivity index is 1.73. The van der Waals surface area contributed by atoms with Crippen molar-refractivity contribution in [2.75, 3.05) is 0 Å². The Bertz CT molecular complexity index is 495. The van der Waals surface area contributed by atoms with Crippen LogP contribution in [-0.2, 0) is 4.74 Å². The van der Waals surface area contributed by atoms with E-state index in [1.807, 2.05) is 0 Å². The smallest absolute Gasteiger partial charge is 0.338 e. The third kappa shape index (κ3) is 4.42. The summed E-state index contributed by atoms with van der Waals surface area (Å²) >= 11 is 0. The minimum Gasteiger partial charge on any atom is -0.370 e. The van der Waals surface area contributed by atoms with Crippen LogP contribution in [-0.4, -0.2) is 28.4 Å². The Morgan fingerprint density at radius 3 is 2.77 bits per heavy atom. The second kappa shape index (κ2) is 7.56. The van der Waals surface area contributed by atoms with Gasteiger partial charge < -0.3 is 10.5 Å². The highest BCUT2D eigenvalue weighted by molar-refractivity contribution is 5.70. The minimum absolute atomic E-state index is 0.0305. The van der Waals surface area contributed by atoms with Crippen molar-refractivity contribution >= 4 is 6.03 Å². The van der Waals surface area contributed by atoms with Gasteiger partial charge in [-0.25, -0.2) is 14.2 Å². The number of hydrogen-bond donors (Lipinski definition) is 2. The molecule has 0 saturated carbocycles. The summed E-state index contributed by atoms with van der Waals surface area (Å²) < 4.78 is 18.9. The first-order valence-corrected chi connectivity index (χ1v) is 7.66. The van der Waals surface area contributed by atoms with Gasteiger partial charge in [-0.15, -0.1) is 0 Å². The number of carbonyl (C=O) groups excluding carboxylic acids is 1. The molecule has 2 amide bonds. The first-order valence-electron chi connectivity index (χ1n) is 7.66. The minimum atomic E-state index is -0.832. The Kier molecular flexibility index (Phi) is 5.74. The van der Waals surface area contributed by atoms with Crippen LogP contribution in [0.3, 0.4) is 0 Å². The summed E-state index contributed by atoms with van der Waals surface area (Å²) in [5, 5.41) is 9.96. The first kappa shape index (κ1) is 16.7. The van der Waals surface area contributed by atoms with Crippen molar-refractivity contribution in [3.8, 4) is 0 Å². The molecule has 3 atom stereocenters. The monoisotopic (exact) mass is 310 g/mol. The third-order valence-corrected chi connectivity index (χ3v) is 4.14. The summed E-state index contributed by atoms with van der Waals surface area (Å²) in [7, 11) is 0. The van der Waals surface area contributed by atoms with Gasteiger partial charge in [0.15, 0.2) is 0 Å². The molecule has 0 aromatic heterocycles. The maximum Gasteiger partial charge on any atom is 0.338 e. The van der Waals surface area contributed by atoms with E-state index in [0.717, 1.165) is 31.2 Å². The molecule has 1 aliphatic rings. The molecule has 1 fully saturated rings. The molecule has 5 nitrogen and oxygen atoms in total. The van der Waals surface area contributed by atoms with Gasteiger partial charge in [-0.2, -0.15) is 0 Å². The Labute approximate surface area is 129 Å². The number of carbonyl (C=O) groups is 1. The van der Waals surface area contributed by atoms with Gasteiger partial charge in [0.25, 0.3) is 0 Å². The highest BCUT2D eigenvalue weighted by Gasteiger charge is 2.26. The van der Waals surface area contributed by atoms with Gasteiger partial charge in [0.1, 0.15) is 5.82 Å². The number of ether oxygens (including phenoxy) is 1. The van der Waals surface area contributed by atoms with Crippen LogP contribution < -0.4 is 5.73 Å². The van der Waals surface area contributed by atoms with Crippen molar-refractivity contribution in [2.24, 2.45) is 5.73 Å². The van der Waals surface area contributed by atoms with Crippen molar-refractivity contribution < 1.29 is 19.1 Å². The molecular weight excluding hydrogens is 287 g/mol. The average molecular weight is 310 g/mol. The predicted molar refractivity (Wildman–Crippen MR) is 79.8 cm³/mol. The summed E-state index contributed by atoms with van der Waals surface area (Å²) in [6.07, 6.45) is 4.47. The Hall–Kier alpha value is -1.66. The van der Waals surface area contributed by atoms with Crippen molar-refractivity contribution in [3.63, 3.8) is 0 Å². The summed E-state index contributed by atoms with van der Waals surface area (Å²) in [5.41, 5.74) is 6.02. The van der Waals surface area contributed by atoms with Crippen LogP contribution >= 0.6 is 0 Å². The zero-order chi connectivity index (χ0) is 16.1. The van der Waals surface area contributed by atoms with Crippen LogP contribution in [0.4, 0.5) is 9.18 Å². The molecule has 122 valence electrons. The Morgan fingerprint density at radius 1 is 1.45 bits per heavy atom. The lowest BCUT2D eigenvalue weighted by atomic mass is 10.0. The molecule has 3 N–H and O–H groups in total. The standard InChI is InChI=1S/C16H23FN2O3/c1-11(19(21)16(18)20)3-2-4-14-9-10-15(22-14)12-5-7-13(17)8-6-12/h5-8,11,14-15,21H,2-4,9-10H2,1H3,(H2,18,20)/t11-,14-,15-/m1/s1. The van der Waals surface area contributed by atoms with Crippen molar-refractivity contribution in [1.82, 2.24) is 5.06 Å². The molecule has 1 aliphatic heterocycles. The lowest BCUT2D eigenvalue weighted by Gasteiger charge is -2.21. The molecule has 0 unspecified atom stereocenters. The van der Waals surface area contributed by atoms with E-state index in [1.165, 1.54) is 12.1 Å². The number of urea groups is 1. The lowest BCUT2D eigenvalue weighted by molar-refractivity contribution is -0.0728. The summed E-state index contributed by atoms with van der Waals surface area (Å²) in [6.45, 7) is 1.75. The molecular formula is C16H23FN2O3. The van der Waals surface area contributed by atoms with Crippen LogP contribution in [0.2, 0.25) is 0 Å². The van der Waals surface area contributed by atoms with E-state index < -0.39 is 6.03 Å². The number of rotatable bonds is 6. The molecule has 2 rings (SSSR count). The van der Waals surface area contributed by atoms with Gasteiger partial charge >= 0.3 is 6.03 Å². The number of benzene rings is 1. The Morgan fingerprint density at radius 2 is 2.14 bits per heavy atom.